The summed E-state index contributed by atoms with van der Waals surface area (Å²) in [7, 11) is 0. The lowest BCUT2D eigenvalue weighted by Gasteiger charge is -2.07. The van der Waals surface area contributed by atoms with Crippen molar-refractivity contribution in [2.45, 2.75) is 30.7 Å². The maximum atomic E-state index is 11.3. The second-order valence-corrected chi connectivity index (χ2v) is 7.85. The van der Waals surface area contributed by atoms with Crippen LogP contribution in [0.2, 0.25) is 0 Å². The molecule has 1 aromatic heterocycles. The highest BCUT2D eigenvalue weighted by Crippen LogP contribution is 2.23. The van der Waals surface area contributed by atoms with Gasteiger partial charge in [-0.3, -0.25) is 0 Å². The fourth-order valence-electron chi connectivity index (χ4n) is 2.53. The van der Waals surface area contributed by atoms with E-state index in [2.05, 4.69) is 38.2 Å². The molecule has 2 aromatic carbocycles. The maximum Gasteiger partial charge on any atom is 0.212 e. The first-order valence-electron chi connectivity index (χ1n) is 8.74. The second-order valence-electron chi connectivity index (χ2n) is 6.00. The third-order valence-electron chi connectivity index (χ3n) is 3.92. The number of nitrogens with zero attached hydrogens (tertiary/aromatic N) is 4. The molecule has 0 atom stereocenters. The topological polar surface area (TPSA) is 83.2 Å². The Balaban J connectivity index is 1.85. The third-order valence-corrected chi connectivity index (χ3v) is 5.44. The van der Waals surface area contributed by atoms with Crippen LogP contribution in [-0.4, -0.2) is 27.1 Å². The molecular formula is C20H18BrN4O2S-. The number of aryl methyl sites for hydroxylation is 1. The molecular weight excluding hydrogens is 440 g/mol. The summed E-state index contributed by atoms with van der Waals surface area (Å²) < 4.78 is 2.71. The lowest BCUT2D eigenvalue weighted by Crippen LogP contribution is -2.23. The van der Waals surface area contributed by atoms with E-state index in [-0.39, 0.29) is 5.56 Å². The van der Waals surface area contributed by atoms with Crippen molar-refractivity contribution in [1.29, 1.82) is 0 Å². The minimum atomic E-state index is -1.23. The molecule has 3 rings (SSSR count). The van der Waals surface area contributed by atoms with Crippen molar-refractivity contribution in [2.24, 2.45) is 5.10 Å². The first-order chi connectivity index (χ1) is 13.6. The summed E-state index contributed by atoms with van der Waals surface area (Å²) in [6.07, 6.45) is 3.14. The Kier molecular flexibility index (Phi) is 7.00. The molecule has 28 heavy (non-hydrogen) atoms. The van der Waals surface area contributed by atoms with Crippen molar-refractivity contribution < 1.29 is 9.90 Å². The van der Waals surface area contributed by atoms with Gasteiger partial charge in [0.2, 0.25) is 5.16 Å². The summed E-state index contributed by atoms with van der Waals surface area (Å²) >= 11 is 4.96. The summed E-state index contributed by atoms with van der Waals surface area (Å²) in [5.74, 6) is 0.232. The van der Waals surface area contributed by atoms with E-state index < -0.39 is 5.97 Å². The SMILES string of the molecule is CCCc1nnc(SCc2ccc(Br)cc2)n1/N=C\c1ccccc1C(=O)[O-]. The summed E-state index contributed by atoms with van der Waals surface area (Å²) in [5, 5.41) is 24.9. The molecule has 1 heterocycles. The fourth-order valence-corrected chi connectivity index (χ4v) is 3.65. The zero-order valence-electron chi connectivity index (χ0n) is 15.2. The lowest BCUT2D eigenvalue weighted by molar-refractivity contribution is -0.255. The van der Waals surface area contributed by atoms with Gasteiger partial charge in [0.05, 0.1) is 12.2 Å². The van der Waals surface area contributed by atoms with Gasteiger partial charge in [-0.15, -0.1) is 10.2 Å². The maximum absolute atomic E-state index is 11.3. The number of hydrogen-bond acceptors (Lipinski definition) is 6. The Morgan fingerprint density at radius 3 is 2.68 bits per heavy atom. The largest absolute Gasteiger partial charge is 0.545 e. The number of hydrogen-bond donors (Lipinski definition) is 0. The molecule has 0 aliphatic rings. The van der Waals surface area contributed by atoms with E-state index in [9.17, 15) is 9.90 Å². The summed E-state index contributed by atoms with van der Waals surface area (Å²) in [6.45, 7) is 2.06. The summed E-state index contributed by atoms with van der Waals surface area (Å²) in [6, 6.07) is 14.7. The molecule has 0 spiro atoms. The molecule has 0 saturated heterocycles. The number of carbonyl (C=O) groups excluding carboxylic acids is 1. The van der Waals surface area contributed by atoms with Crippen LogP contribution in [0.3, 0.4) is 0 Å². The Hall–Kier alpha value is -2.45. The number of thioether (sulfide) groups is 1. The average Bonchev–Trinajstić information content (AvgIpc) is 3.08. The normalized spacial score (nSPS) is 11.2. The van der Waals surface area contributed by atoms with Crippen LogP contribution in [0.4, 0.5) is 0 Å². The lowest BCUT2D eigenvalue weighted by atomic mass is 10.1. The van der Waals surface area contributed by atoms with Gasteiger partial charge in [-0.2, -0.15) is 9.78 Å². The predicted octanol–water partition coefficient (Wildman–Crippen LogP) is 3.53. The van der Waals surface area contributed by atoms with E-state index in [0.29, 0.717) is 10.7 Å². The first-order valence-corrected chi connectivity index (χ1v) is 10.5. The summed E-state index contributed by atoms with van der Waals surface area (Å²) in [5.41, 5.74) is 1.73. The molecule has 0 amide bonds. The van der Waals surface area contributed by atoms with Gasteiger partial charge in [-0.05, 0) is 24.1 Å². The number of rotatable bonds is 8. The van der Waals surface area contributed by atoms with Crippen LogP contribution < -0.4 is 5.11 Å². The zero-order chi connectivity index (χ0) is 19.9. The number of aromatic carboxylic acids is 1. The molecule has 0 radical (unpaired) electrons. The molecule has 0 bridgehead atoms. The van der Waals surface area contributed by atoms with Crippen molar-refractivity contribution in [2.75, 3.05) is 0 Å². The van der Waals surface area contributed by atoms with Crippen LogP contribution in [0.1, 0.15) is 40.7 Å². The van der Waals surface area contributed by atoms with Crippen molar-refractivity contribution >= 4 is 39.9 Å². The fraction of sp³-hybridized carbons (Fsp3) is 0.200. The van der Waals surface area contributed by atoms with Gasteiger partial charge >= 0.3 is 0 Å². The van der Waals surface area contributed by atoms with E-state index >= 15 is 0 Å². The van der Waals surface area contributed by atoms with Crippen LogP contribution in [0, 0.1) is 0 Å². The van der Waals surface area contributed by atoms with E-state index in [1.165, 1.54) is 24.0 Å². The Morgan fingerprint density at radius 2 is 1.96 bits per heavy atom. The Morgan fingerprint density at radius 1 is 1.21 bits per heavy atom. The predicted molar refractivity (Wildman–Crippen MR) is 111 cm³/mol. The second kappa shape index (κ2) is 9.66. The van der Waals surface area contributed by atoms with Crippen molar-refractivity contribution in [1.82, 2.24) is 14.9 Å². The smallest absolute Gasteiger partial charge is 0.212 e. The Labute approximate surface area is 175 Å². The minimum Gasteiger partial charge on any atom is -0.545 e. The molecule has 0 saturated carbocycles. The van der Waals surface area contributed by atoms with Gasteiger partial charge < -0.3 is 9.90 Å². The number of carboxylic acid groups (broad SMARTS) is 1. The summed E-state index contributed by atoms with van der Waals surface area (Å²) in [4.78, 5) is 11.3. The highest BCUT2D eigenvalue weighted by molar-refractivity contribution is 9.10. The van der Waals surface area contributed by atoms with E-state index in [1.54, 1.807) is 22.9 Å². The van der Waals surface area contributed by atoms with Gasteiger partial charge in [-0.25, -0.2) is 0 Å². The van der Waals surface area contributed by atoms with Crippen LogP contribution >= 0.6 is 27.7 Å². The molecule has 0 N–H and O–H groups in total. The zero-order valence-corrected chi connectivity index (χ0v) is 17.6. The van der Waals surface area contributed by atoms with Crippen LogP contribution in [-0.2, 0) is 12.2 Å². The van der Waals surface area contributed by atoms with Gasteiger partial charge in [0.25, 0.3) is 0 Å². The van der Waals surface area contributed by atoms with Crippen LogP contribution in [0.15, 0.2) is 63.3 Å². The van der Waals surface area contributed by atoms with Crippen LogP contribution in [0.25, 0.3) is 0 Å². The molecule has 8 heteroatoms. The molecule has 0 aliphatic carbocycles. The van der Waals surface area contributed by atoms with Crippen molar-refractivity contribution in [3.8, 4) is 0 Å². The third kappa shape index (κ3) is 5.08. The van der Waals surface area contributed by atoms with Gasteiger partial charge in [0, 0.05) is 27.8 Å². The highest BCUT2D eigenvalue weighted by Gasteiger charge is 2.12. The molecule has 0 unspecified atom stereocenters. The molecule has 0 fully saturated rings. The highest BCUT2D eigenvalue weighted by atomic mass is 79.9. The number of halogens is 1. The van der Waals surface area contributed by atoms with E-state index in [0.717, 1.165) is 34.5 Å². The van der Waals surface area contributed by atoms with Gasteiger partial charge in [0.15, 0.2) is 5.82 Å². The van der Waals surface area contributed by atoms with Crippen LogP contribution in [0.5, 0.6) is 0 Å². The number of carbonyl (C=O) groups is 1. The number of carboxylic acids is 1. The standard InChI is InChI=1S/C20H19BrN4O2S/c1-2-5-18-23-24-20(28-13-14-8-10-16(21)11-9-14)25(18)22-12-15-6-3-4-7-17(15)19(26)27/h3-4,6-12H,2,5,13H2,1H3,(H,26,27)/p-1/b22-12-. The molecule has 0 aliphatic heterocycles. The molecule has 144 valence electrons. The molecule has 3 aromatic rings. The first kappa shape index (κ1) is 20.3. The number of aromatic nitrogens is 3. The van der Waals surface area contributed by atoms with Crippen molar-refractivity contribution in [3.63, 3.8) is 0 Å². The van der Waals surface area contributed by atoms with E-state index in [4.69, 9.17) is 0 Å². The minimum absolute atomic E-state index is 0.0976. The monoisotopic (exact) mass is 457 g/mol. The molecule has 6 nitrogen and oxygen atoms in total. The number of benzene rings is 2. The van der Waals surface area contributed by atoms with Gasteiger partial charge in [0.1, 0.15) is 0 Å². The van der Waals surface area contributed by atoms with Crippen molar-refractivity contribution in [3.05, 3.63) is 75.5 Å². The van der Waals surface area contributed by atoms with Gasteiger partial charge in [-0.1, -0.05) is 71.0 Å². The quantitative estimate of drug-likeness (QED) is 0.381. The van der Waals surface area contributed by atoms with E-state index in [1.807, 2.05) is 24.3 Å². The Bertz CT molecular complexity index is 986. The average molecular weight is 458 g/mol.